The average Bonchev–Trinajstić information content (AvgIpc) is 2.83. The number of phenolic OH excluding ortho intramolecular Hbond substituents is 1. The minimum atomic E-state index is -0.0795. The number of aromatic nitrogens is 4. The van der Waals surface area contributed by atoms with Crippen molar-refractivity contribution < 1.29 is 14.6 Å². The van der Waals surface area contributed by atoms with Gasteiger partial charge < -0.3 is 20.3 Å². The van der Waals surface area contributed by atoms with Crippen LogP contribution >= 0.6 is 0 Å². The van der Waals surface area contributed by atoms with Crippen LogP contribution in [0.25, 0.3) is 0 Å². The van der Waals surface area contributed by atoms with Crippen LogP contribution in [-0.4, -0.2) is 45.9 Å². The van der Waals surface area contributed by atoms with Crippen LogP contribution in [0, 0.1) is 0 Å². The third kappa shape index (κ3) is 2.54. The number of anilines is 1. The number of rotatable bonds is 4. The van der Waals surface area contributed by atoms with Crippen molar-refractivity contribution in [3.8, 4) is 17.2 Å². The number of hydrogen-bond donors (Lipinski definition) is 2. The smallest absolute Gasteiger partial charge is 0.263 e. The molecule has 0 fully saturated rings. The maximum Gasteiger partial charge on any atom is 0.263 e. The lowest BCUT2D eigenvalue weighted by Gasteiger charge is -2.08. The van der Waals surface area contributed by atoms with Gasteiger partial charge in [0.05, 0.1) is 20.4 Å². The van der Waals surface area contributed by atoms with E-state index in [4.69, 9.17) is 15.2 Å². The second kappa shape index (κ2) is 5.21. The lowest BCUT2D eigenvalue weighted by molar-refractivity contribution is 0.340. The van der Waals surface area contributed by atoms with Crippen LogP contribution < -0.4 is 15.2 Å². The van der Waals surface area contributed by atoms with E-state index in [0.717, 1.165) is 4.79 Å². The molecule has 0 atom stereocenters. The Kier molecular flexibility index (Phi) is 3.46. The molecule has 0 bridgehead atoms. The first kappa shape index (κ1) is 12.6. The molecule has 0 amide bonds. The van der Waals surface area contributed by atoms with Gasteiger partial charge in [-0.1, -0.05) is 9.89 Å². The summed E-state index contributed by atoms with van der Waals surface area (Å²) in [7, 11) is 2.88. The first-order chi connectivity index (χ1) is 9.15. The van der Waals surface area contributed by atoms with Crippen LogP contribution in [0.15, 0.2) is 17.2 Å². The van der Waals surface area contributed by atoms with E-state index in [1.54, 1.807) is 12.1 Å². The molecule has 0 aliphatic carbocycles. The highest BCUT2D eigenvalue weighted by atomic mass is 16.5. The van der Waals surface area contributed by atoms with Crippen LogP contribution in [-0.2, 0) is 0 Å². The minimum absolute atomic E-state index is 0.0639. The van der Waals surface area contributed by atoms with E-state index in [0.29, 0.717) is 5.56 Å². The zero-order valence-electron chi connectivity index (χ0n) is 10.3. The average molecular weight is 264 g/mol. The van der Waals surface area contributed by atoms with E-state index < -0.39 is 0 Å². The summed E-state index contributed by atoms with van der Waals surface area (Å²) in [5.41, 5.74) is 6.09. The van der Waals surface area contributed by atoms with Gasteiger partial charge in [-0.2, -0.15) is 5.10 Å². The largest absolute Gasteiger partial charge is 0.502 e. The van der Waals surface area contributed by atoms with E-state index >= 15 is 0 Å². The molecule has 9 nitrogen and oxygen atoms in total. The van der Waals surface area contributed by atoms with Crippen molar-refractivity contribution in [1.29, 1.82) is 0 Å². The number of nitrogen functional groups attached to an aromatic ring is 1. The van der Waals surface area contributed by atoms with Gasteiger partial charge >= 0.3 is 0 Å². The van der Waals surface area contributed by atoms with Gasteiger partial charge in [0.15, 0.2) is 11.5 Å². The topological polar surface area (TPSA) is 121 Å². The molecule has 0 saturated carbocycles. The molecule has 1 aromatic heterocycles. The van der Waals surface area contributed by atoms with Gasteiger partial charge in [0.25, 0.3) is 5.95 Å². The Morgan fingerprint density at radius 1 is 1.32 bits per heavy atom. The predicted molar refractivity (Wildman–Crippen MR) is 66.4 cm³/mol. The van der Waals surface area contributed by atoms with Gasteiger partial charge in [0.1, 0.15) is 0 Å². The zero-order valence-corrected chi connectivity index (χ0v) is 10.3. The number of tetrazole rings is 1. The Hall–Kier alpha value is -2.84. The number of nitrogens with two attached hydrogens (primary N) is 1. The summed E-state index contributed by atoms with van der Waals surface area (Å²) in [4.78, 5) is 1.06. The molecule has 1 aromatic carbocycles. The van der Waals surface area contributed by atoms with Crippen LogP contribution in [0.2, 0.25) is 0 Å². The second-order valence-corrected chi connectivity index (χ2v) is 3.45. The summed E-state index contributed by atoms with van der Waals surface area (Å²) in [6.45, 7) is 0. The highest BCUT2D eigenvalue weighted by Crippen LogP contribution is 2.36. The van der Waals surface area contributed by atoms with Gasteiger partial charge in [0, 0.05) is 5.56 Å². The number of benzene rings is 1. The number of aromatic hydroxyl groups is 1. The highest BCUT2D eigenvalue weighted by Gasteiger charge is 2.10. The Bertz CT molecular complexity index is 584. The van der Waals surface area contributed by atoms with Crippen LogP contribution in [0.1, 0.15) is 5.56 Å². The van der Waals surface area contributed by atoms with Crippen molar-refractivity contribution in [2.45, 2.75) is 0 Å². The van der Waals surface area contributed by atoms with Crippen molar-refractivity contribution >= 4 is 12.2 Å². The Labute approximate surface area is 108 Å². The van der Waals surface area contributed by atoms with E-state index in [-0.39, 0.29) is 23.2 Å². The monoisotopic (exact) mass is 264 g/mol. The van der Waals surface area contributed by atoms with E-state index in [9.17, 15) is 5.11 Å². The van der Waals surface area contributed by atoms with Crippen LogP contribution in [0.3, 0.4) is 0 Å². The van der Waals surface area contributed by atoms with E-state index in [1.807, 2.05) is 0 Å². The van der Waals surface area contributed by atoms with Gasteiger partial charge in [0.2, 0.25) is 5.75 Å². The maximum absolute atomic E-state index is 9.76. The van der Waals surface area contributed by atoms with Crippen molar-refractivity contribution in [1.82, 2.24) is 20.3 Å². The first-order valence-corrected chi connectivity index (χ1v) is 5.19. The molecule has 1 heterocycles. The molecular formula is C10H12N6O3. The van der Waals surface area contributed by atoms with E-state index in [1.165, 1.54) is 20.4 Å². The van der Waals surface area contributed by atoms with Gasteiger partial charge in [-0.25, -0.2) is 0 Å². The molecule has 19 heavy (non-hydrogen) atoms. The summed E-state index contributed by atoms with van der Waals surface area (Å²) in [5, 5.41) is 24.1. The van der Waals surface area contributed by atoms with Crippen molar-refractivity contribution in [3.05, 3.63) is 17.7 Å². The molecule has 3 N–H and O–H groups in total. The number of nitrogens with zero attached hydrogens (tertiary/aromatic N) is 5. The molecule has 0 unspecified atom stereocenters. The molecule has 2 aromatic rings. The summed E-state index contributed by atoms with van der Waals surface area (Å²) in [5.74, 6) is 0.522. The predicted octanol–water partition coefficient (Wildman–Crippen LogP) is -0.140. The number of ether oxygens (including phenoxy) is 2. The Morgan fingerprint density at radius 2 is 1.95 bits per heavy atom. The molecule has 0 spiro atoms. The highest BCUT2D eigenvalue weighted by molar-refractivity contribution is 5.82. The quantitative estimate of drug-likeness (QED) is 0.737. The molecule has 100 valence electrons. The minimum Gasteiger partial charge on any atom is -0.502 e. The molecule has 9 heteroatoms. The van der Waals surface area contributed by atoms with Crippen molar-refractivity contribution in [3.63, 3.8) is 0 Å². The fraction of sp³-hybridized carbons (Fsp3) is 0.200. The summed E-state index contributed by atoms with van der Waals surface area (Å²) >= 11 is 0. The molecule has 0 radical (unpaired) electrons. The summed E-state index contributed by atoms with van der Waals surface area (Å²) < 4.78 is 10.1. The number of hydrogen-bond acceptors (Lipinski definition) is 8. The third-order valence-corrected chi connectivity index (χ3v) is 2.30. The standard InChI is InChI=1S/C10H12N6O3/c1-18-7-3-6(4-8(19-2)9(7)17)5-12-16-10(11)13-14-15-16/h3-5,17H,1-2H3,(H2,11,13,15). The molecule has 0 aliphatic heterocycles. The fourth-order valence-corrected chi connectivity index (χ4v) is 1.38. The Balaban J connectivity index is 2.35. The Morgan fingerprint density at radius 3 is 2.42 bits per heavy atom. The SMILES string of the molecule is COc1cc(C=Nn2nnnc2N)cc(OC)c1O. The normalized spacial score (nSPS) is 10.8. The summed E-state index contributed by atoms with van der Waals surface area (Å²) in [6.07, 6.45) is 1.46. The van der Waals surface area contributed by atoms with Gasteiger partial charge in [-0.3, -0.25) is 0 Å². The molecule has 0 aliphatic rings. The van der Waals surface area contributed by atoms with Crippen LogP contribution in [0.4, 0.5) is 5.95 Å². The van der Waals surface area contributed by atoms with Crippen molar-refractivity contribution in [2.24, 2.45) is 5.10 Å². The lowest BCUT2D eigenvalue weighted by Crippen LogP contribution is -2.00. The zero-order chi connectivity index (χ0) is 13.8. The molecule has 2 rings (SSSR count). The second-order valence-electron chi connectivity index (χ2n) is 3.45. The number of methoxy groups -OCH3 is 2. The van der Waals surface area contributed by atoms with Gasteiger partial charge in [-0.15, -0.1) is 0 Å². The van der Waals surface area contributed by atoms with Crippen LogP contribution in [0.5, 0.6) is 17.2 Å². The summed E-state index contributed by atoms with van der Waals surface area (Å²) in [6, 6.07) is 3.17. The van der Waals surface area contributed by atoms with Crippen molar-refractivity contribution in [2.75, 3.05) is 20.0 Å². The van der Waals surface area contributed by atoms with E-state index in [2.05, 4.69) is 20.6 Å². The fourth-order valence-electron chi connectivity index (χ4n) is 1.38. The lowest BCUT2D eigenvalue weighted by atomic mass is 10.2. The molecular weight excluding hydrogens is 252 g/mol. The maximum atomic E-state index is 9.76. The number of phenols is 1. The van der Waals surface area contributed by atoms with Gasteiger partial charge in [-0.05, 0) is 22.6 Å². The first-order valence-electron chi connectivity index (χ1n) is 5.19. The third-order valence-electron chi connectivity index (χ3n) is 2.30. The molecule has 0 saturated heterocycles.